The molecule has 0 aromatic heterocycles. The topological polar surface area (TPSA) is 57.5 Å². The summed E-state index contributed by atoms with van der Waals surface area (Å²) in [5.74, 6) is -2.22. The predicted octanol–water partition coefficient (Wildman–Crippen LogP) is 3.60. The maximum absolute atomic E-state index is 12.8. The van der Waals surface area contributed by atoms with Crippen LogP contribution in [0.15, 0.2) is 16.6 Å². The summed E-state index contributed by atoms with van der Waals surface area (Å²) in [4.78, 5) is 10.6. The van der Waals surface area contributed by atoms with Crippen LogP contribution in [0.2, 0.25) is 0 Å². The highest BCUT2D eigenvalue weighted by atomic mass is 79.9. The molecule has 1 atom stereocenters. The van der Waals surface area contributed by atoms with Gasteiger partial charge < -0.3 is 10.2 Å². The smallest absolute Gasteiger partial charge is 0.417 e. The van der Waals surface area contributed by atoms with Crippen LogP contribution < -0.4 is 0 Å². The summed E-state index contributed by atoms with van der Waals surface area (Å²) >= 11 is 2.41. The van der Waals surface area contributed by atoms with Crippen LogP contribution in [0.5, 0.6) is 0 Å². The van der Waals surface area contributed by atoms with Gasteiger partial charge in [0.25, 0.3) is 0 Å². The molecule has 0 saturated heterocycles. The third kappa shape index (κ3) is 3.23. The van der Waals surface area contributed by atoms with E-state index in [1.165, 1.54) is 0 Å². The van der Waals surface area contributed by atoms with E-state index in [2.05, 4.69) is 15.9 Å². The van der Waals surface area contributed by atoms with E-state index in [4.69, 9.17) is 5.11 Å². The van der Waals surface area contributed by atoms with Crippen molar-refractivity contribution in [3.63, 3.8) is 0 Å². The van der Waals surface area contributed by atoms with Gasteiger partial charge in [-0.25, -0.2) is 4.79 Å². The number of halogens is 7. The minimum atomic E-state index is -5.27. The number of aliphatic hydroxyl groups is 1. The summed E-state index contributed by atoms with van der Waals surface area (Å²) in [6, 6.07) is 0.754. The Morgan fingerprint density at radius 2 is 1.60 bits per heavy atom. The molecular formula is C10H5BrF6O3. The first-order valence-electron chi connectivity index (χ1n) is 4.75. The number of hydrogen-bond donors (Lipinski definition) is 2. The lowest BCUT2D eigenvalue weighted by Gasteiger charge is -2.21. The lowest BCUT2D eigenvalue weighted by atomic mass is 9.95. The molecule has 0 aliphatic heterocycles. The molecule has 1 aromatic carbocycles. The van der Waals surface area contributed by atoms with Gasteiger partial charge in [0.2, 0.25) is 0 Å². The van der Waals surface area contributed by atoms with Gasteiger partial charge >= 0.3 is 18.3 Å². The number of aliphatic hydroxyl groups excluding tert-OH is 1. The number of rotatable bonds is 2. The number of carboxylic acids is 1. The van der Waals surface area contributed by atoms with Crippen molar-refractivity contribution in [2.45, 2.75) is 18.5 Å². The quantitative estimate of drug-likeness (QED) is 0.786. The minimum absolute atomic E-state index is 0.265. The maximum atomic E-state index is 12.8. The van der Waals surface area contributed by atoms with E-state index in [0.717, 1.165) is 0 Å². The Morgan fingerprint density at radius 1 is 1.10 bits per heavy atom. The second kappa shape index (κ2) is 5.24. The van der Waals surface area contributed by atoms with Crippen LogP contribution in [0, 0.1) is 0 Å². The van der Waals surface area contributed by atoms with Crippen molar-refractivity contribution < 1.29 is 41.4 Å². The first-order chi connectivity index (χ1) is 8.87. The Kier molecular flexibility index (Phi) is 4.39. The third-order valence-corrected chi connectivity index (χ3v) is 2.95. The zero-order chi connectivity index (χ0) is 15.9. The summed E-state index contributed by atoms with van der Waals surface area (Å²) in [6.07, 6.45) is -13.5. The normalized spacial score (nSPS) is 14.2. The lowest BCUT2D eigenvalue weighted by Crippen LogP contribution is -2.23. The third-order valence-electron chi connectivity index (χ3n) is 2.29. The van der Waals surface area contributed by atoms with Gasteiger partial charge in [0.15, 0.2) is 6.10 Å². The fraction of sp³-hybridized carbons (Fsp3) is 0.300. The summed E-state index contributed by atoms with van der Waals surface area (Å²) in [7, 11) is 0. The summed E-state index contributed by atoms with van der Waals surface area (Å²) in [5, 5.41) is 17.7. The Balaban J connectivity index is 3.79. The van der Waals surface area contributed by atoms with Crippen LogP contribution >= 0.6 is 15.9 Å². The average Bonchev–Trinajstić information content (AvgIpc) is 2.23. The van der Waals surface area contributed by atoms with Gasteiger partial charge in [-0.3, -0.25) is 0 Å². The molecule has 10 heteroatoms. The molecule has 1 aromatic rings. The second-order valence-corrected chi connectivity index (χ2v) is 4.47. The number of benzene rings is 1. The number of carbonyl (C=O) groups is 1. The number of carboxylic acid groups (broad SMARTS) is 1. The molecule has 0 saturated carbocycles. The van der Waals surface area contributed by atoms with Gasteiger partial charge in [-0.05, 0) is 12.1 Å². The number of aliphatic carboxylic acids is 1. The van der Waals surface area contributed by atoms with E-state index < -0.39 is 45.6 Å². The summed E-state index contributed by atoms with van der Waals surface area (Å²) < 4.78 is 75.7. The van der Waals surface area contributed by atoms with E-state index in [9.17, 15) is 36.2 Å². The highest BCUT2D eigenvalue weighted by molar-refractivity contribution is 9.10. The maximum Gasteiger partial charge on any atom is 0.417 e. The predicted molar refractivity (Wildman–Crippen MR) is 56.7 cm³/mol. The molecule has 1 rings (SSSR count). The van der Waals surface area contributed by atoms with Crippen molar-refractivity contribution in [2.75, 3.05) is 0 Å². The van der Waals surface area contributed by atoms with Gasteiger partial charge in [-0.1, -0.05) is 15.9 Å². The SMILES string of the molecule is O=C(O)C(O)c1c(C(F)(F)F)ccc(Br)c1C(F)(F)F. The van der Waals surface area contributed by atoms with Gasteiger partial charge in [-0.15, -0.1) is 0 Å². The van der Waals surface area contributed by atoms with Crippen molar-refractivity contribution in [3.05, 3.63) is 33.3 Å². The Bertz CT molecular complexity index is 537. The van der Waals surface area contributed by atoms with E-state index in [0.29, 0.717) is 6.07 Å². The van der Waals surface area contributed by atoms with Crippen molar-refractivity contribution in [3.8, 4) is 0 Å². The molecule has 2 N–H and O–H groups in total. The number of hydrogen-bond acceptors (Lipinski definition) is 2. The molecule has 1 unspecified atom stereocenters. The molecule has 0 fully saturated rings. The molecule has 112 valence electrons. The summed E-state index contributed by atoms with van der Waals surface area (Å²) in [6.45, 7) is 0. The fourth-order valence-electron chi connectivity index (χ4n) is 1.54. The lowest BCUT2D eigenvalue weighted by molar-refractivity contribution is -0.153. The Hall–Kier alpha value is -1.29. The molecule has 0 heterocycles. The molecule has 0 radical (unpaired) electrons. The fourth-order valence-corrected chi connectivity index (χ4v) is 2.11. The molecule has 20 heavy (non-hydrogen) atoms. The van der Waals surface area contributed by atoms with Crippen LogP contribution in [0.25, 0.3) is 0 Å². The molecule has 0 bridgehead atoms. The minimum Gasteiger partial charge on any atom is -0.479 e. The Morgan fingerprint density at radius 3 is 1.95 bits per heavy atom. The van der Waals surface area contributed by atoms with Crippen LogP contribution in [0.1, 0.15) is 22.8 Å². The highest BCUT2D eigenvalue weighted by Gasteiger charge is 2.45. The molecular weight excluding hydrogens is 362 g/mol. The zero-order valence-corrected chi connectivity index (χ0v) is 10.8. The van der Waals surface area contributed by atoms with Gasteiger partial charge in [0, 0.05) is 10.0 Å². The van der Waals surface area contributed by atoms with Crippen LogP contribution in [-0.2, 0) is 17.1 Å². The van der Waals surface area contributed by atoms with Gasteiger partial charge in [0.1, 0.15) is 0 Å². The highest BCUT2D eigenvalue weighted by Crippen LogP contribution is 2.45. The number of alkyl halides is 6. The second-order valence-electron chi connectivity index (χ2n) is 3.62. The van der Waals surface area contributed by atoms with E-state index in [1.54, 1.807) is 0 Å². The van der Waals surface area contributed by atoms with Gasteiger partial charge in [0.05, 0.1) is 11.1 Å². The zero-order valence-electron chi connectivity index (χ0n) is 9.18. The first-order valence-corrected chi connectivity index (χ1v) is 5.54. The average molecular weight is 367 g/mol. The van der Waals surface area contributed by atoms with Crippen LogP contribution in [0.3, 0.4) is 0 Å². The van der Waals surface area contributed by atoms with Crippen molar-refractivity contribution in [1.29, 1.82) is 0 Å². The molecule has 0 aliphatic rings. The van der Waals surface area contributed by atoms with Gasteiger partial charge in [-0.2, -0.15) is 26.3 Å². The molecule has 0 amide bonds. The largest absolute Gasteiger partial charge is 0.479 e. The van der Waals surface area contributed by atoms with Crippen molar-refractivity contribution in [2.24, 2.45) is 0 Å². The van der Waals surface area contributed by atoms with E-state index in [1.807, 2.05) is 0 Å². The van der Waals surface area contributed by atoms with Crippen LogP contribution in [-0.4, -0.2) is 16.2 Å². The van der Waals surface area contributed by atoms with E-state index in [-0.39, 0.29) is 6.07 Å². The van der Waals surface area contributed by atoms with Crippen LogP contribution in [0.4, 0.5) is 26.3 Å². The first kappa shape index (κ1) is 16.8. The Labute approximate surface area is 116 Å². The molecule has 3 nitrogen and oxygen atoms in total. The monoisotopic (exact) mass is 366 g/mol. The molecule has 0 spiro atoms. The van der Waals surface area contributed by atoms with E-state index >= 15 is 0 Å². The summed E-state index contributed by atoms with van der Waals surface area (Å²) in [5.41, 5.74) is -5.47. The van der Waals surface area contributed by atoms with Crippen molar-refractivity contribution >= 4 is 21.9 Å². The van der Waals surface area contributed by atoms with Crippen molar-refractivity contribution in [1.82, 2.24) is 0 Å². The standard InChI is InChI=1S/C10H5BrF6O3/c11-4-2-1-3(9(12,13)14)5(7(18)8(19)20)6(4)10(15,16)17/h1-2,7,18H,(H,19,20). The molecule has 0 aliphatic carbocycles.